The Morgan fingerprint density at radius 3 is 2.76 bits per heavy atom. The molecule has 0 fully saturated rings. The second-order valence-electron chi connectivity index (χ2n) is 3.97. The molecule has 1 aromatic carbocycles. The number of para-hydroxylation sites is 1. The van der Waals surface area contributed by atoms with E-state index in [1.807, 2.05) is 0 Å². The number of benzene rings is 1. The number of carbonyl (C=O) groups excluding carboxylic acids is 1. The zero-order chi connectivity index (χ0) is 15.7. The number of amides is 1. The van der Waals surface area contributed by atoms with Crippen molar-refractivity contribution in [1.29, 1.82) is 0 Å². The van der Waals surface area contributed by atoms with Crippen molar-refractivity contribution in [2.75, 3.05) is 26.4 Å². The molecule has 0 atom stereocenters. The van der Waals surface area contributed by atoms with E-state index in [9.17, 15) is 13.6 Å². The average molecular weight is 318 g/mol. The molecule has 0 saturated carbocycles. The van der Waals surface area contributed by atoms with Gasteiger partial charge in [-0.05, 0) is 12.1 Å². The van der Waals surface area contributed by atoms with E-state index >= 15 is 0 Å². The number of hydrogen-bond acceptors (Lipinski definition) is 4. The highest BCUT2D eigenvalue weighted by molar-refractivity contribution is 7.80. The highest BCUT2D eigenvalue weighted by Crippen LogP contribution is 2.17. The molecule has 0 bridgehead atoms. The number of thiocarbonyl (C=S) groups is 1. The lowest BCUT2D eigenvalue weighted by molar-refractivity contribution is -0.123. The van der Waals surface area contributed by atoms with Gasteiger partial charge in [0.25, 0.3) is 12.3 Å². The lowest BCUT2D eigenvalue weighted by atomic mass is 10.2. The van der Waals surface area contributed by atoms with Crippen molar-refractivity contribution >= 4 is 23.1 Å². The van der Waals surface area contributed by atoms with Crippen molar-refractivity contribution in [3.05, 3.63) is 29.8 Å². The Bertz CT molecular complexity index is 486. The van der Waals surface area contributed by atoms with Crippen LogP contribution in [0, 0.1) is 0 Å². The van der Waals surface area contributed by atoms with Crippen molar-refractivity contribution in [2.45, 2.75) is 6.43 Å². The van der Waals surface area contributed by atoms with Crippen molar-refractivity contribution in [3.8, 4) is 5.75 Å². The molecule has 0 aliphatic carbocycles. The summed E-state index contributed by atoms with van der Waals surface area (Å²) in [5.74, 6) is 0.0162. The van der Waals surface area contributed by atoms with E-state index in [1.165, 1.54) is 0 Å². The molecule has 0 spiro atoms. The molecule has 0 aliphatic heterocycles. The molecule has 0 aromatic heterocycles. The van der Waals surface area contributed by atoms with Crippen LogP contribution in [0.3, 0.4) is 0 Å². The third kappa shape index (κ3) is 6.96. The van der Waals surface area contributed by atoms with Crippen LogP contribution in [0.15, 0.2) is 24.3 Å². The molecule has 1 aromatic rings. The van der Waals surface area contributed by atoms with Crippen molar-refractivity contribution in [3.63, 3.8) is 0 Å². The zero-order valence-electron chi connectivity index (χ0n) is 11.2. The Kier molecular flexibility index (Phi) is 7.55. The number of hydrogen-bond donors (Lipinski definition) is 2. The fraction of sp³-hybridized carbons (Fsp3) is 0.385. The molecule has 21 heavy (non-hydrogen) atoms. The maximum atomic E-state index is 11.8. The number of carbonyl (C=O) groups is 1. The van der Waals surface area contributed by atoms with Gasteiger partial charge in [-0.25, -0.2) is 8.78 Å². The lowest BCUT2D eigenvalue weighted by Gasteiger charge is -2.10. The number of halogens is 2. The molecular weight excluding hydrogens is 302 g/mol. The van der Waals surface area contributed by atoms with Crippen LogP contribution in [0.4, 0.5) is 8.78 Å². The van der Waals surface area contributed by atoms with Gasteiger partial charge in [-0.2, -0.15) is 0 Å². The minimum absolute atomic E-state index is 0.0134. The molecule has 1 amide bonds. The standard InChI is InChI=1S/C13H16F2N2O3S/c14-11(15)7-19-6-5-17-12(18)8-20-10-4-2-1-3-9(10)13(16)21/h1-4,11H,5-8H2,(H2,16,21)(H,17,18). The number of nitrogens with one attached hydrogen (secondary N) is 1. The average Bonchev–Trinajstić information content (AvgIpc) is 2.44. The van der Waals surface area contributed by atoms with Crippen LogP contribution in [-0.4, -0.2) is 43.7 Å². The van der Waals surface area contributed by atoms with Gasteiger partial charge >= 0.3 is 0 Å². The van der Waals surface area contributed by atoms with E-state index in [0.29, 0.717) is 11.3 Å². The van der Waals surface area contributed by atoms with Crippen LogP contribution in [0.5, 0.6) is 5.75 Å². The number of ether oxygens (including phenoxy) is 2. The summed E-state index contributed by atoms with van der Waals surface area (Å²) in [6.45, 7) is -0.729. The fourth-order valence-electron chi connectivity index (χ4n) is 1.43. The molecule has 0 saturated heterocycles. The second kappa shape index (κ2) is 9.19. The highest BCUT2D eigenvalue weighted by Gasteiger charge is 2.08. The molecule has 5 nitrogen and oxygen atoms in total. The first-order chi connectivity index (χ1) is 10.0. The molecular formula is C13H16F2N2O3S. The Morgan fingerprint density at radius 2 is 2.10 bits per heavy atom. The highest BCUT2D eigenvalue weighted by atomic mass is 32.1. The van der Waals surface area contributed by atoms with Gasteiger partial charge in [-0.1, -0.05) is 24.4 Å². The lowest BCUT2D eigenvalue weighted by Crippen LogP contribution is -2.32. The second-order valence-corrected chi connectivity index (χ2v) is 4.40. The Morgan fingerprint density at radius 1 is 1.38 bits per heavy atom. The molecule has 0 unspecified atom stereocenters. The predicted molar refractivity (Wildman–Crippen MR) is 77.7 cm³/mol. The van der Waals surface area contributed by atoms with Crippen LogP contribution in [0.1, 0.15) is 5.56 Å². The zero-order valence-corrected chi connectivity index (χ0v) is 12.0. The van der Waals surface area contributed by atoms with Crippen molar-refractivity contribution in [1.82, 2.24) is 5.32 Å². The quantitative estimate of drug-likeness (QED) is 0.527. The smallest absolute Gasteiger partial charge is 0.261 e. The van der Waals surface area contributed by atoms with E-state index in [2.05, 4.69) is 10.1 Å². The van der Waals surface area contributed by atoms with E-state index in [0.717, 1.165) is 0 Å². The third-order valence-electron chi connectivity index (χ3n) is 2.32. The minimum atomic E-state index is -2.51. The third-order valence-corrected chi connectivity index (χ3v) is 2.54. The maximum absolute atomic E-state index is 11.8. The van der Waals surface area contributed by atoms with Gasteiger partial charge in [-0.15, -0.1) is 0 Å². The number of rotatable bonds is 9. The van der Waals surface area contributed by atoms with Crippen LogP contribution < -0.4 is 15.8 Å². The molecule has 0 aliphatic rings. The summed E-state index contributed by atoms with van der Waals surface area (Å²) in [6, 6.07) is 6.82. The van der Waals surface area contributed by atoms with Gasteiger partial charge < -0.3 is 20.5 Å². The predicted octanol–water partition coefficient (Wildman–Crippen LogP) is 1.10. The topological polar surface area (TPSA) is 73.6 Å². The van der Waals surface area contributed by atoms with Crippen LogP contribution >= 0.6 is 12.2 Å². The van der Waals surface area contributed by atoms with Crippen LogP contribution in [-0.2, 0) is 9.53 Å². The fourth-order valence-corrected chi connectivity index (χ4v) is 1.59. The Hall–Kier alpha value is -1.80. The number of nitrogens with two attached hydrogens (primary N) is 1. The van der Waals surface area contributed by atoms with Crippen molar-refractivity contribution < 1.29 is 23.0 Å². The molecule has 116 valence electrons. The van der Waals surface area contributed by atoms with Gasteiger partial charge in [-0.3, -0.25) is 4.79 Å². The first kappa shape index (κ1) is 17.3. The number of alkyl halides is 2. The van der Waals surface area contributed by atoms with E-state index < -0.39 is 18.9 Å². The Labute approximate surface area is 126 Å². The minimum Gasteiger partial charge on any atom is -0.483 e. The first-order valence-electron chi connectivity index (χ1n) is 6.15. The summed E-state index contributed by atoms with van der Waals surface area (Å²) < 4.78 is 33.5. The van der Waals surface area contributed by atoms with Gasteiger partial charge in [0.15, 0.2) is 6.61 Å². The summed E-state index contributed by atoms with van der Waals surface area (Å²) >= 11 is 4.87. The molecule has 0 heterocycles. The summed E-state index contributed by atoms with van der Waals surface area (Å²) in [4.78, 5) is 11.7. The van der Waals surface area contributed by atoms with E-state index in [1.54, 1.807) is 24.3 Å². The van der Waals surface area contributed by atoms with Gasteiger partial charge in [0.1, 0.15) is 17.3 Å². The SMILES string of the molecule is NC(=S)c1ccccc1OCC(=O)NCCOCC(F)F. The van der Waals surface area contributed by atoms with Crippen molar-refractivity contribution in [2.24, 2.45) is 5.73 Å². The van der Waals surface area contributed by atoms with E-state index in [4.69, 9.17) is 22.7 Å². The molecule has 8 heteroatoms. The van der Waals surface area contributed by atoms with E-state index in [-0.39, 0.29) is 24.7 Å². The Balaban J connectivity index is 2.29. The molecule has 0 radical (unpaired) electrons. The molecule has 3 N–H and O–H groups in total. The monoisotopic (exact) mass is 318 g/mol. The molecule has 1 rings (SSSR count). The van der Waals surface area contributed by atoms with Gasteiger partial charge in [0.2, 0.25) is 0 Å². The summed E-state index contributed by atoms with van der Waals surface area (Å²) in [5, 5.41) is 2.48. The van der Waals surface area contributed by atoms with Gasteiger partial charge in [0.05, 0.1) is 12.2 Å². The van der Waals surface area contributed by atoms with Crippen LogP contribution in [0.2, 0.25) is 0 Å². The van der Waals surface area contributed by atoms with Gasteiger partial charge in [0, 0.05) is 6.54 Å². The summed E-state index contributed by atoms with van der Waals surface area (Å²) in [5.41, 5.74) is 6.07. The largest absolute Gasteiger partial charge is 0.483 e. The first-order valence-corrected chi connectivity index (χ1v) is 6.55. The normalized spacial score (nSPS) is 10.4. The summed E-state index contributed by atoms with van der Waals surface area (Å²) in [7, 11) is 0. The summed E-state index contributed by atoms with van der Waals surface area (Å²) in [6.07, 6.45) is -2.51. The van der Waals surface area contributed by atoms with Crippen LogP contribution in [0.25, 0.3) is 0 Å². The maximum Gasteiger partial charge on any atom is 0.261 e.